The molecule has 1 saturated heterocycles. The number of ether oxygens (including phenoxy) is 1. The molecule has 0 radical (unpaired) electrons. The average Bonchev–Trinajstić information content (AvgIpc) is 2.01. The maximum absolute atomic E-state index is 5.76. The minimum absolute atomic E-state index is 0.572. The molecule has 1 fully saturated rings. The highest BCUT2D eigenvalue weighted by atomic mass is 35.5. The van der Waals surface area contributed by atoms with Gasteiger partial charge in [0.25, 0.3) is 0 Å². The second kappa shape index (κ2) is 4.31. The number of hydrogen-bond acceptors (Lipinski definition) is 3. The summed E-state index contributed by atoms with van der Waals surface area (Å²) in [7, 11) is 0. The van der Waals surface area contributed by atoms with Crippen LogP contribution in [0.25, 0.3) is 0 Å². The second-order valence-corrected chi connectivity index (χ2v) is 4.63. The number of pyridine rings is 1. The van der Waals surface area contributed by atoms with E-state index in [1.54, 1.807) is 6.20 Å². The topological polar surface area (TPSA) is 22.1 Å². The quantitative estimate of drug-likeness (QED) is 0.723. The minimum atomic E-state index is 0.572. The lowest BCUT2D eigenvalue weighted by Crippen LogP contribution is -2.30. The fourth-order valence-corrected chi connectivity index (χ4v) is 2.25. The van der Waals surface area contributed by atoms with E-state index in [4.69, 9.17) is 16.3 Å². The number of aromatic nitrogens is 1. The fraction of sp³-hybridized carbons (Fsp3) is 0.444. The van der Waals surface area contributed by atoms with Crippen molar-refractivity contribution in [3.63, 3.8) is 0 Å². The molecule has 0 unspecified atom stereocenters. The van der Waals surface area contributed by atoms with Crippen molar-refractivity contribution in [3.8, 4) is 0 Å². The molecule has 0 atom stereocenters. The van der Waals surface area contributed by atoms with Crippen LogP contribution in [0.3, 0.4) is 0 Å². The van der Waals surface area contributed by atoms with Crippen molar-refractivity contribution < 1.29 is 4.74 Å². The van der Waals surface area contributed by atoms with Gasteiger partial charge in [0.15, 0.2) is 0 Å². The lowest BCUT2D eigenvalue weighted by molar-refractivity contribution is 0.0455. The van der Waals surface area contributed by atoms with Crippen molar-refractivity contribution in [2.75, 3.05) is 13.2 Å². The normalized spacial score (nSPS) is 17.0. The number of rotatable bonds is 3. The molecular formula is C9H10ClNOS. The van der Waals surface area contributed by atoms with Crippen molar-refractivity contribution >= 4 is 23.4 Å². The first-order chi connectivity index (χ1) is 6.34. The molecule has 2 rings (SSSR count). The summed E-state index contributed by atoms with van der Waals surface area (Å²) in [6.45, 7) is 1.78. The van der Waals surface area contributed by atoms with Gasteiger partial charge in [-0.3, -0.25) is 0 Å². The number of thioether (sulfide) groups is 1. The Morgan fingerprint density at radius 2 is 2.46 bits per heavy atom. The maximum Gasteiger partial charge on any atom is 0.129 e. The molecule has 0 amide bonds. The van der Waals surface area contributed by atoms with Crippen LogP contribution in [0.1, 0.15) is 5.56 Å². The predicted octanol–water partition coefficient (Wildman–Crippen LogP) is 2.37. The van der Waals surface area contributed by atoms with Gasteiger partial charge in [0.05, 0.1) is 18.5 Å². The lowest BCUT2D eigenvalue weighted by Gasteiger charge is -2.25. The molecule has 2 heterocycles. The van der Waals surface area contributed by atoms with Crippen molar-refractivity contribution in [1.82, 2.24) is 4.98 Å². The van der Waals surface area contributed by atoms with E-state index in [9.17, 15) is 0 Å². The molecule has 13 heavy (non-hydrogen) atoms. The highest BCUT2D eigenvalue weighted by Crippen LogP contribution is 2.23. The van der Waals surface area contributed by atoms with Crippen LogP contribution < -0.4 is 0 Å². The van der Waals surface area contributed by atoms with Crippen molar-refractivity contribution in [1.29, 1.82) is 0 Å². The van der Waals surface area contributed by atoms with Crippen LogP contribution in [0.2, 0.25) is 5.15 Å². The molecule has 70 valence electrons. The molecule has 0 spiro atoms. The predicted molar refractivity (Wildman–Crippen MR) is 55.1 cm³/mol. The zero-order valence-electron chi connectivity index (χ0n) is 7.07. The second-order valence-electron chi connectivity index (χ2n) is 2.96. The van der Waals surface area contributed by atoms with E-state index < -0.39 is 0 Å². The van der Waals surface area contributed by atoms with Crippen molar-refractivity contribution in [2.24, 2.45) is 0 Å². The highest BCUT2D eigenvalue weighted by molar-refractivity contribution is 7.99. The van der Waals surface area contributed by atoms with Crippen LogP contribution in [0.4, 0.5) is 0 Å². The molecule has 1 aliphatic rings. The van der Waals surface area contributed by atoms with Gasteiger partial charge >= 0.3 is 0 Å². The van der Waals surface area contributed by atoms with Gasteiger partial charge < -0.3 is 4.74 Å². The molecule has 2 nitrogen and oxygen atoms in total. The Hall–Kier alpha value is -0.250. The van der Waals surface area contributed by atoms with Gasteiger partial charge in [0.2, 0.25) is 0 Å². The smallest absolute Gasteiger partial charge is 0.129 e. The van der Waals surface area contributed by atoms with Gasteiger partial charge in [-0.25, -0.2) is 4.98 Å². The first-order valence-electron chi connectivity index (χ1n) is 4.14. The Kier molecular flexibility index (Phi) is 3.09. The SMILES string of the molecule is Clc1cc(CSC2COC2)ccn1. The fourth-order valence-electron chi connectivity index (χ4n) is 1.06. The molecule has 1 aliphatic heterocycles. The van der Waals surface area contributed by atoms with E-state index in [0.29, 0.717) is 10.4 Å². The standard InChI is InChI=1S/C9H10ClNOS/c10-9-3-7(1-2-11-9)6-13-8-4-12-5-8/h1-3,8H,4-6H2. The van der Waals surface area contributed by atoms with Gasteiger partial charge in [0, 0.05) is 11.9 Å². The maximum atomic E-state index is 5.76. The van der Waals surface area contributed by atoms with E-state index in [-0.39, 0.29) is 0 Å². The van der Waals surface area contributed by atoms with E-state index >= 15 is 0 Å². The summed E-state index contributed by atoms with van der Waals surface area (Å²) in [5.41, 5.74) is 1.23. The zero-order chi connectivity index (χ0) is 9.10. The third-order valence-corrected chi connectivity index (χ3v) is 3.33. The summed E-state index contributed by atoms with van der Waals surface area (Å²) >= 11 is 7.68. The summed E-state index contributed by atoms with van der Waals surface area (Å²) in [4.78, 5) is 3.93. The minimum Gasteiger partial charge on any atom is -0.379 e. The summed E-state index contributed by atoms with van der Waals surface area (Å²) in [6.07, 6.45) is 1.75. The molecule has 0 aromatic carbocycles. The van der Waals surface area contributed by atoms with Crippen LogP contribution in [-0.4, -0.2) is 23.4 Å². The summed E-state index contributed by atoms with van der Waals surface area (Å²) in [5.74, 6) is 0.996. The zero-order valence-corrected chi connectivity index (χ0v) is 8.64. The largest absolute Gasteiger partial charge is 0.379 e. The molecule has 0 N–H and O–H groups in total. The van der Waals surface area contributed by atoms with Gasteiger partial charge in [0.1, 0.15) is 5.15 Å². The summed E-state index contributed by atoms with van der Waals surface area (Å²) in [6, 6.07) is 3.91. The molecule has 1 aromatic rings. The Morgan fingerprint density at radius 3 is 3.08 bits per heavy atom. The Morgan fingerprint density at radius 1 is 1.62 bits per heavy atom. The Bertz CT molecular complexity index is 291. The number of nitrogens with zero attached hydrogens (tertiary/aromatic N) is 1. The van der Waals surface area contributed by atoms with Crippen molar-refractivity contribution in [3.05, 3.63) is 29.0 Å². The third-order valence-electron chi connectivity index (χ3n) is 1.88. The Balaban J connectivity index is 1.86. The third kappa shape index (κ3) is 2.59. The first kappa shape index (κ1) is 9.31. The molecule has 1 aromatic heterocycles. The number of halogens is 1. The first-order valence-corrected chi connectivity index (χ1v) is 5.57. The van der Waals surface area contributed by atoms with Crippen LogP contribution in [-0.2, 0) is 10.5 Å². The van der Waals surface area contributed by atoms with Gasteiger partial charge in [-0.05, 0) is 17.7 Å². The summed E-state index contributed by atoms with van der Waals surface area (Å²) in [5, 5.41) is 1.25. The van der Waals surface area contributed by atoms with E-state index in [0.717, 1.165) is 19.0 Å². The molecule has 4 heteroatoms. The summed E-state index contributed by atoms with van der Waals surface area (Å²) < 4.78 is 5.09. The molecule has 0 bridgehead atoms. The molecule has 0 aliphatic carbocycles. The lowest BCUT2D eigenvalue weighted by atomic mass is 10.3. The van der Waals surface area contributed by atoms with Crippen LogP contribution in [0.5, 0.6) is 0 Å². The van der Waals surface area contributed by atoms with Crippen LogP contribution in [0.15, 0.2) is 18.3 Å². The van der Waals surface area contributed by atoms with E-state index in [1.807, 2.05) is 23.9 Å². The molecule has 0 saturated carbocycles. The van der Waals surface area contributed by atoms with E-state index in [2.05, 4.69) is 4.98 Å². The van der Waals surface area contributed by atoms with Crippen LogP contribution >= 0.6 is 23.4 Å². The van der Waals surface area contributed by atoms with Gasteiger partial charge in [-0.2, -0.15) is 0 Å². The highest BCUT2D eigenvalue weighted by Gasteiger charge is 2.18. The van der Waals surface area contributed by atoms with Crippen molar-refractivity contribution in [2.45, 2.75) is 11.0 Å². The Labute approximate surface area is 86.6 Å². The average molecular weight is 216 g/mol. The van der Waals surface area contributed by atoms with E-state index in [1.165, 1.54) is 5.56 Å². The molecular weight excluding hydrogens is 206 g/mol. The van der Waals surface area contributed by atoms with Crippen LogP contribution in [0, 0.1) is 0 Å². The van der Waals surface area contributed by atoms with Gasteiger partial charge in [-0.15, -0.1) is 11.8 Å². The van der Waals surface area contributed by atoms with Gasteiger partial charge in [-0.1, -0.05) is 11.6 Å². The number of hydrogen-bond donors (Lipinski definition) is 0. The monoisotopic (exact) mass is 215 g/mol.